The van der Waals surface area contributed by atoms with Crippen molar-refractivity contribution in [3.8, 4) is 17.2 Å². The quantitative estimate of drug-likeness (QED) is 0.693. The van der Waals surface area contributed by atoms with Crippen molar-refractivity contribution in [2.45, 2.75) is 0 Å². The maximum absolute atomic E-state index is 9.14. The highest BCUT2D eigenvalue weighted by Gasteiger charge is 2.11. The van der Waals surface area contributed by atoms with Crippen LogP contribution < -0.4 is 5.46 Å². The van der Waals surface area contributed by atoms with Crippen LogP contribution in [0.4, 0.5) is 0 Å². The van der Waals surface area contributed by atoms with Gasteiger partial charge in [-0.25, -0.2) is 4.98 Å². The Bertz CT molecular complexity index is 839. The van der Waals surface area contributed by atoms with Crippen LogP contribution in [0, 0.1) is 11.3 Å². The van der Waals surface area contributed by atoms with Crippen LogP contribution in [-0.2, 0) is 0 Å². The zero-order valence-corrected chi connectivity index (χ0v) is 11.1. The predicted molar refractivity (Wildman–Crippen MR) is 81.7 cm³/mol. The molecule has 3 rings (SSSR count). The van der Waals surface area contributed by atoms with E-state index >= 15 is 0 Å². The minimum atomic E-state index is -1.47. The van der Waals surface area contributed by atoms with Crippen molar-refractivity contribution in [3.63, 3.8) is 0 Å². The van der Waals surface area contributed by atoms with E-state index in [2.05, 4.69) is 11.1 Å². The SMILES string of the molecule is N#Cc1nccc2c(-c3ccc(B(O)O)cc3)cccc12. The summed E-state index contributed by atoms with van der Waals surface area (Å²) in [5.41, 5.74) is 2.76. The van der Waals surface area contributed by atoms with Crippen LogP contribution >= 0.6 is 0 Å². The number of nitrogens with zero attached hydrogens (tertiary/aromatic N) is 2. The van der Waals surface area contributed by atoms with Gasteiger partial charge in [0.15, 0.2) is 0 Å². The molecule has 0 spiro atoms. The Balaban J connectivity index is 2.19. The highest BCUT2D eigenvalue weighted by Crippen LogP contribution is 2.29. The molecule has 0 aliphatic rings. The lowest BCUT2D eigenvalue weighted by molar-refractivity contribution is 0.426. The first-order chi connectivity index (χ1) is 10.2. The van der Waals surface area contributed by atoms with Crippen molar-refractivity contribution >= 4 is 23.4 Å². The molecule has 2 N–H and O–H groups in total. The normalized spacial score (nSPS) is 10.3. The smallest absolute Gasteiger partial charge is 0.423 e. The monoisotopic (exact) mass is 274 g/mol. The molecule has 1 heterocycles. The second-order valence-electron chi connectivity index (χ2n) is 4.67. The zero-order chi connectivity index (χ0) is 14.8. The summed E-state index contributed by atoms with van der Waals surface area (Å²) >= 11 is 0. The van der Waals surface area contributed by atoms with Gasteiger partial charge in [0.25, 0.3) is 0 Å². The number of aromatic nitrogens is 1. The van der Waals surface area contributed by atoms with E-state index in [1.165, 1.54) is 0 Å². The Hall–Kier alpha value is -2.68. The van der Waals surface area contributed by atoms with E-state index in [1.54, 1.807) is 18.3 Å². The molecule has 3 aromatic rings. The number of hydrogen-bond acceptors (Lipinski definition) is 4. The molecule has 1 aromatic heterocycles. The maximum Gasteiger partial charge on any atom is 0.488 e. The fourth-order valence-corrected chi connectivity index (χ4v) is 2.38. The first-order valence-electron chi connectivity index (χ1n) is 6.45. The van der Waals surface area contributed by atoms with Gasteiger partial charge in [-0.1, -0.05) is 42.5 Å². The minimum absolute atomic E-state index is 0.400. The Morgan fingerprint density at radius 1 is 0.952 bits per heavy atom. The molecule has 0 aliphatic heterocycles. The number of hydrogen-bond donors (Lipinski definition) is 2. The third-order valence-corrected chi connectivity index (χ3v) is 3.43. The molecule has 0 saturated carbocycles. The highest BCUT2D eigenvalue weighted by molar-refractivity contribution is 6.58. The molecular formula is C16H11BN2O2. The summed E-state index contributed by atoms with van der Waals surface area (Å²) in [5.74, 6) is 0. The largest absolute Gasteiger partial charge is 0.488 e. The summed E-state index contributed by atoms with van der Waals surface area (Å²) in [6, 6.07) is 16.7. The summed E-state index contributed by atoms with van der Waals surface area (Å²) < 4.78 is 0. The minimum Gasteiger partial charge on any atom is -0.423 e. The van der Waals surface area contributed by atoms with Gasteiger partial charge in [0, 0.05) is 11.6 Å². The highest BCUT2D eigenvalue weighted by atomic mass is 16.4. The first-order valence-corrected chi connectivity index (χ1v) is 6.45. The fraction of sp³-hybridized carbons (Fsp3) is 0. The number of rotatable bonds is 2. The molecule has 100 valence electrons. The van der Waals surface area contributed by atoms with E-state index in [1.807, 2.05) is 36.4 Å². The van der Waals surface area contributed by atoms with Gasteiger partial charge in [-0.3, -0.25) is 0 Å². The Labute approximate surface area is 122 Å². The lowest BCUT2D eigenvalue weighted by Crippen LogP contribution is -2.29. The molecule has 2 aromatic carbocycles. The lowest BCUT2D eigenvalue weighted by Gasteiger charge is -2.08. The van der Waals surface area contributed by atoms with Crippen molar-refractivity contribution in [3.05, 3.63) is 60.4 Å². The number of pyridine rings is 1. The van der Waals surface area contributed by atoms with Crippen LogP contribution in [-0.4, -0.2) is 22.2 Å². The van der Waals surface area contributed by atoms with Gasteiger partial charge in [0.1, 0.15) is 11.8 Å². The number of benzene rings is 2. The predicted octanol–water partition coefficient (Wildman–Crippen LogP) is 1.45. The molecular weight excluding hydrogens is 263 g/mol. The Morgan fingerprint density at radius 2 is 1.71 bits per heavy atom. The van der Waals surface area contributed by atoms with Crippen molar-refractivity contribution in [2.75, 3.05) is 0 Å². The first kappa shape index (κ1) is 13.3. The Morgan fingerprint density at radius 3 is 2.38 bits per heavy atom. The van der Waals surface area contributed by atoms with Crippen LogP contribution in [0.15, 0.2) is 54.7 Å². The molecule has 0 radical (unpaired) electrons. The van der Waals surface area contributed by atoms with E-state index in [0.717, 1.165) is 21.9 Å². The van der Waals surface area contributed by atoms with Crippen molar-refractivity contribution < 1.29 is 10.0 Å². The Kier molecular flexibility index (Phi) is 3.40. The zero-order valence-electron chi connectivity index (χ0n) is 11.1. The van der Waals surface area contributed by atoms with Gasteiger partial charge in [-0.05, 0) is 28.0 Å². The molecule has 0 aliphatic carbocycles. The van der Waals surface area contributed by atoms with Crippen molar-refractivity contribution in [1.29, 1.82) is 5.26 Å². The lowest BCUT2D eigenvalue weighted by atomic mass is 9.79. The van der Waals surface area contributed by atoms with Gasteiger partial charge in [0.2, 0.25) is 0 Å². The van der Waals surface area contributed by atoms with Gasteiger partial charge >= 0.3 is 7.12 Å². The van der Waals surface area contributed by atoms with Gasteiger partial charge in [-0.15, -0.1) is 0 Å². The number of fused-ring (bicyclic) bond motifs is 1. The molecule has 5 heteroatoms. The van der Waals surface area contributed by atoms with E-state index in [-0.39, 0.29) is 0 Å². The molecule has 4 nitrogen and oxygen atoms in total. The topological polar surface area (TPSA) is 77.1 Å². The molecule has 0 saturated heterocycles. The molecule has 0 fully saturated rings. The van der Waals surface area contributed by atoms with Crippen LogP contribution in [0.3, 0.4) is 0 Å². The van der Waals surface area contributed by atoms with Crippen LogP contribution in [0.25, 0.3) is 21.9 Å². The van der Waals surface area contributed by atoms with E-state index in [9.17, 15) is 0 Å². The molecule has 0 unspecified atom stereocenters. The van der Waals surface area contributed by atoms with E-state index < -0.39 is 7.12 Å². The van der Waals surface area contributed by atoms with Gasteiger partial charge in [0.05, 0.1) is 0 Å². The van der Waals surface area contributed by atoms with Crippen molar-refractivity contribution in [2.24, 2.45) is 0 Å². The fourth-order valence-electron chi connectivity index (χ4n) is 2.38. The van der Waals surface area contributed by atoms with E-state index in [0.29, 0.717) is 11.2 Å². The number of nitriles is 1. The molecule has 0 bridgehead atoms. The summed E-state index contributed by atoms with van der Waals surface area (Å²) in [6.07, 6.45) is 1.62. The standard InChI is InChI=1S/C16H11BN2O2/c18-10-16-15-3-1-2-13(14(15)8-9-19-16)11-4-6-12(7-5-11)17(20)21/h1-9,20-21H. The van der Waals surface area contributed by atoms with Gasteiger partial charge < -0.3 is 10.0 Å². The second-order valence-corrected chi connectivity index (χ2v) is 4.67. The van der Waals surface area contributed by atoms with Crippen LogP contribution in [0.5, 0.6) is 0 Å². The van der Waals surface area contributed by atoms with Gasteiger partial charge in [-0.2, -0.15) is 5.26 Å². The maximum atomic E-state index is 9.14. The van der Waals surface area contributed by atoms with Crippen molar-refractivity contribution in [1.82, 2.24) is 4.98 Å². The van der Waals surface area contributed by atoms with E-state index in [4.69, 9.17) is 15.3 Å². The van der Waals surface area contributed by atoms with Crippen LogP contribution in [0.1, 0.15) is 5.69 Å². The molecule has 21 heavy (non-hydrogen) atoms. The third-order valence-electron chi connectivity index (χ3n) is 3.43. The summed E-state index contributed by atoms with van der Waals surface area (Å²) in [5, 5.41) is 29.2. The molecule has 0 amide bonds. The summed E-state index contributed by atoms with van der Waals surface area (Å²) in [6.45, 7) is 0. The summed E-state index contributed by atoms with van der Waals surface area (Å²) in [4.78, 5) is 4.07. The average Bonchev–Trinajstić information content (AvgIpc) is 2.53. The summed E-state index contributed by atoms with van der Waals surface area (Å²) in [7, 11) is -1.47. The molecule has 0 atom stereocenters. The average molecular weight is 274 g/mol. The second kappa shape index (κ2) is 5.37. The van der Waals surface area contributed by atoms with Crippen LogP contribution in [0.2, 0.25) is 0 Å². The third kappa shape index (κ3) is 2.38.